The van der Waals surface area contributed by atoms with Gasteiger partial charge in [-0.05, 0) is 17.9 Å². The number of rotatable bonds is 2. The summed E-state index contributed by atoms with van der Waals surface area (Å²) < 4.78 is 12.9. The van der Waals surface area contributed by atoms with Crippen LogP contribution in [0.1, 0.15) is 5.56 Å². The Labute approximate surface area is 69.2 Å². The number of thioether (sulfide) groups is 1. The predicted octanol–water partition coefficient (Wildman–Crippen LogP) is 2.39. The van der Waals surface area contributed by atoms with Gasteiger partial charge >= 0.3 is 0 Å². The minimum atomic E-state index is -0.334. The van der Waals surface area contributed by atoms with Crippen LogP contribution < -0.4 is 0 Å². The number of phenols is 1. The van der Waals surface area contributed by atoms with Crippen molar-refractivity contribution in [1.82, 2.24) is 0 Å². The van der Waals surface area contributed by atoms with Crippen LogP contribution in [0.3, 0.4) is 0 Å². The fraction of sp³-hybridized carbons (Fsp3) is 0.250. The monoisotopic (exact) mass is 172 g/mol. The van der Waals surface area contributed by atoms with Gasteiger partial charge in [0.25, 0.3) is 0 Å². The molecular weight excluding hydrogens is 163 g/mol. The Balaban J connectivity index is 2.90. The number of phenolic OH excluding ortho intramolecular Hbond substituents is 1. The molecule has 1 rings (SSSR count). The zero-order valence-electron chi connectivity index (χ0n) is 6.17. The Hall–Kier alpha value is -0.700. The van der Waals surface area contributed by atoms with Crippen LogP contribution in [0.2, 0.25) is 0 Å². The van der Waals surface area contributed by atoms with Gasteiger partial charge in [-0.3, -0.25) is 0 Å². The molecule has 1 nitrogen and oxygen atoms in total. The zero-order valence-corrected chi connectivity index (χ0v) is 6.99. The fourth-order valence-corrected chi connectivity index (χ4v) is 1.35. The van der Waals surface area contributed by atoms with Crippen molar-refractivity contribution in [2.75, 3.05) is 6.26 Å². The van der Waals surface area contributed by atoms with E-state index in [4.69, 9.17) is 5.11 Å². The molecule has 60 valence electrons. The first kappa shape index (κ1) is 8.40. The van der Waals surface area contributed by atoms with Crippen LogP contribution >= 0.6 is 11.8 Å². The Morgan fingerprint density at radius 1 is 1.55 bits per heavy atom. The quantitative estimate of drug-likeness (QED) is 0.739. The van der Waals surface area contributed by atoms with E-state index in [0.717, 1.165) is 6.07 Å². The molecule has 0 aliphatic heterocycles. The van der Waals surface area contributed by atoms with Crippen LogP contribution in [0.4, 0.5) is 4.39 Å². The minimum Gasteiger partial charge on any atom is -0.508 e. The van der Waals surface area contributed by atoms with Crippen molar-refractivity contribution in [3.8, 4) is 5.75 Å². The van der Waals surface area contributed by atoms with Crippen molar-refractivity contribution in [3.63, 3.8) is 0 Å². The Kier molecular flexibility index (Phi) is 2.76. The Morgan fingerprint density at radius 3 is 2.82 bits per heavy atom. The number of halogens is 1. The highest BCUT2D eigenvalue weighted by atomic mass is 32.2. The molecule has 0 aromatic heterocycles. The first-order valence-electron chi connectivity index (χ1n) is 3.20. The largest absolute Gasteiger partial charge is 0.508 e. The van der Waals surface area contributed by atoms with Crippen LogP contribution in [-0.2, 0) is 5.75 Å². The summed E-state index contributed by atoms with van der Waals surface area (Å²) in [6, 6.07) is 4.22. The molecule has 0 aliphatic carbocycles. The average molecular weight is 172 g/mol. The van der Waals surface area contributed by atoms with E-state index in [-0.39, 0.29) is 11.6 Å². The molecule has 0 saturated carbocycles. The molecule has 1 N–H and O–H groups in total. The van der Waals surface area contributed by atoms with E-state index in [1.165, 1.54) is 6.07 Å². The molecule has 11 heavy (non-hydrogen) atoms. The summed E-state index contributed by atoms with van der Waals surface area (Å²) >= 11 is 1.55. The first-order chi connectivity index (χ1) is 5.24. The van der Waals surface area contributed by atoms with Crippen molar-refractivity contribution in [1.29, 1.82) is 0 Å². The molecular formula is C8H9FOS. The molecule has 3 heteroatoms. The second kappa shape index (κ2) is 3.62. The lowest BCUT2D eigenvalue weighted by molar-refractivity contribution is 0.468. The highest BCUT2D eigenvalue weighted by Crippen LogP contribution is 2.18. The SMILES string of the molecule is CSCc1ccc(O)cc1F. The molecule has 0 radical (unpaired) electrons. The lowest BCUT2D eigenvalue weighted by Gasteiger charge is -1.99. The summed E-state index contributed by atoms with van der Waals surface area (Å²) in [5.74, 6) is 0.290. The number of aromatic hydroxyl groups is 1. The maximum absolute atomic E-state index is 12.9. The third kappa shape index (κ3) is 2.12. The molecule has 1 aromatic rings. The molecule has 0 spiro atoms. The Bertz CT molecular complexity index is 250. The van der Waals surface area contributed by atoms with Gasteiger partial charge in [0.15, 0.2) is 0 Å². The van der Waals surface area contributed by atoms with Crippen molar-refractivity contribution in [3.05, 3.63) is 29.6 Å². The lowest BCUT2D eigenvalue weighted by Crippen LogP contribution is -1.85. The van der Waals surface area contributed by atoms with Gasteiger partial charge in [0.05, 0.1) is 0 Å². The van der Waals surface area contributed by atoms with Crippen LogP contribution in [0.25, 0.3) is 0 Å². The van der Waals surface area contributed by atoms with Gasteiger partial charge in [0.2, 0.25) is 0 Å². The average Bonchev–Trinajstić information content (AvgIpc) is 1.95. The van der Waals surface area contributed by atoms with E-state index in [2.05, 4.69) is 0 Å². The van der Waals surface area contributed by atoms with Crippen LogP contribution in [0.5, 0.6) is 5.75 Å². The standard InChI is InChI=1S/C8H9FOS/c1-11-5-6-2-3-7(10)4-8(6)9/h2-4,10H,5H2,1H3. The molecule has 0 amide bonds. The van der Waals surface area contributed by atoms with E-state index in [1.807, 2.05) is 6.26 Å². The topological polar surface area (TPSA) is 20.2 Å². The predicted molar refractivity (Wildman–Crippen MR) is 45.3 cm³/mol. The van der Waals surface area contributed by atoms with Gasteiger partial charge in [0.1, 0.15) is 11.6 Å². The van der Waals surface area contributed by atoms with E-state index in [9.17, 15) is 4.39 Å². The Morgan fingerprint density at radius 2 is 2.27 bits per heavy atom. The fourth-order valence-electron chi connectivity index (χ4n) is 0.809. The zero-order chi connectivity index (χ0) is 8.27. The van der Waals surface area contributed by atoms with Gasteiger partial charge in [-0.1, -0.05) is 6.07 Å². The summed E-state index contributed by atoms with van der Waals surface area (Å²) in [4.78, 5) is 0. The maximum Gasteiger partial charge on any atom is 0.130 e. The molecule has 0 aliphatic rings. The number of hydrogen-bond donors (Lipinski definition) is 1. The van der Waals surface area contributed by atoms with Crippen molar-refractivity contribution in [2.24, 2.45) is 0 Å². The normalized spacial score (nSPS) is 10.0. The molecule has 0 saturated heterocycles. The van der Waals surface area contributed by atoms with Gasteiger partial charge in [-0.15, -0.1) is 0 Å². The van der Waals surface area contributed by atoms with Crippen LogP contribution in [0, 0.1) is 5.82 Å². The van der Waals surface area contributed by atoms with E-state index in [1.54, 1.807) is 17.8 Å². The van der Waals surface area contributed by atoms with Gasteiger partial charge in [-0.2, -0.15) is 11.8 Å². The maximum atomic E-state index is 12.9. The lowest BCUT2D eigenvalue weighted by atomic mass is 10.2. The minimum absolute atomic E-state index is 0.0210. The van der Waals surface area contributed by atoms with Crippen molar-refractivity contribution >= 4 is 11.8 Å². The van der Waals surface area contributed by atoms with Gasteiger partial charge in [0, 0.05) is 11.8 Å². The third-order valence-electron chi connectivity index (χ3n) is 1.34. The molecule has 0 bridgehead atoms. The summed E-state index contributed by atoms with van der Waals surface area (Å²) in [5, 5.41) is 8.86. The molecule has 0 atom stereocenters. The summed E-state index contributed by atoms with van der Waals surface area (Å²) in [6.07, 6.45) is 1.91. The summed E-state index contributed by atoms with van der Waals surface area (Å²) in [7, 11) is 0. The number of hydrogen-bond acceptors (Lipinski definition) is 2. The summed E-state index contributed by atoms with van der Waals surface area (Å²) in [5.41, 5.74) is 0.635. The van der Waals surface area contributed by atoms with Crippen LogP contribution in [-0.4, -0.2) is 11.4 Å². The van der Waals surface area contributed by atoms with Crippen molar-refractivity contribution in [2.45, 2.75) is 5.75 Å². The molecule has 0 fully saturated rings. The van der Waals surface area contributed by atoms with Gasteiger partial charge < -0.3 is 5.11 Å². The first-order valence-corrected chi connectivity index (χ1v) is 4.59. The van der Waals surface area contributed by atoms with E-state index >= 15 is 0 Å². The van der Waals surface area contributed by atoms with Gasteiger partial charge in [-0.25, -0.2) is 4.39 Å². The summed E-state index contributed by atoms with van der Waals surface area (Å²) in [6.45, 7) is 0. The highest BCUT2D eigenvalue weighted by molar-refractivity contribution is 7.97. The second-order valence-corrected chi connectivity index (χ2v) is 3.07. The molecule has 0 unspecified atom stereocenters. The van der Waals surface area contributed by atoms with Crippen molar-refractivity contribution < 1.29 is 9.50 Å². The smallest absolute Gasteiger partial charge is 0.130 e. The molecule has 1 aromatic carbocycles. The van der Waals surface area contributed by atoms with Crippen LogP contribution in [0.15, 0.2) is 18.2 Å². The van der Waals surface area contributed by atoms with E-state index in [0.29, 0.717) is 11.3 Å². The third-order valence-corrected chi connectivity index (χ3v) is 1.94. The van der Waals surface area contributed by atoms with E-state index < -0.39 is 0 Å². The number of benzene rings is 1. The second-order valence-electron chi connectivity index (χ2n) is 2.21. The molecule has 0 heterocycles. The highest BCUT2D eigenvalue weighted by Gasteiger charge is 2.00.